The molecule has 0 radical (unpaired) electrons. The van der Waals surface area contributed by atoms with Crippen molar-refractivity contribution in [1.29, 1.82) is 0 Å². The van der Waals surface area contributed by atoms with E-state index < -0.39 is 10.0 Å². The summed E-state index contributed by atoms with van der Waals surface area (Å²) in [4.78, 5) is 2.92. The summed E-state index contributed by atoms with van der Waals surface area (Å²) in [6.07, 6.45) is 5.41. The predicted octanol–water partition coefficient (Wildman–Crippen LogP) is 6.68. The summed E-state index contributed by atoms with van der Waals surface area (Å²) in [5.74, 6) is 0.576. The molecule has 0 unspecified atom stereocenters. The molecule has 0 amide bonds. The van der Waals surface area contributed by atoms with Crippen molar-refractivity contribution in [2.75, 3.05) is 0 Å². The van der Waals surface area contributed by atoms with Crippen molar-refractivity contribution in [2.24, 2.45) is 5.10 Å². The SMILES string of the molecule is CCCCCC/C(C)=N/NS(=O)(=O)c1c(C(C)C)cc(C(C)C)cc1C(C)C. The van der Waals surface area contributed by atoms with Crippen LogP contribution in [0.15, 0.2) is 22.1 Å². The third kappa shape index (κ3) is 6.91. The van der Waals surface area contributed by atoms with Crippen LogP contribution >= 0.6 is 0 Å². The number of hydrogen-bond acceptors (Lipinski definition) is 3. The first-order valence-corrected chi connectivity index (χ1v) is 12.2. The zero-order chi connectivity index (χ0) is 21.5. The highest BCUT2D eigenvalue weighted by atomic mass is 32.2. The minimum absolute atomic E-state index is 0.113. The third-order valence-electron chi connectivity index (χ3n) is 5.10. The summed E-state index contributed by atoms with van der Waals surface area (Å²) < 4.78 is 26.5. The fourth-order valence-electron chi connectivity index (χ4n) is 3.25. The highest BCUT2D eigenvalue weighted by molar-refractivity contribution is 7.89. The van der Waals surface area contributed by atoms with Crippen LogP contribution < -0.4 is 4.83 Å². The normalized spacial score (nSPS) is 13.0. The summed E-state index contributed by atoms with van der Waals surface area (Å²) in [5.41, 5.74) is 3.76. The zero-order valence-electron chi connectivity index (χ0n) is 19.1. The van der Waals surface area contributed by atoms with Crippen LogP contribution in [-0.4, -0.2) is 14.1 Å². The summed E-state index contributed by atoms with van der Waals surface area (Å²) >= 11 is 0. The van der Waals surface area contributed by atoms with Crippen molar-refractivity contribution >= 4 is 15.7 Å². The molecular formula is C23H40N2O2S. The Balaban J connectivity index is 3.28. The largest absolute Gasteiger partial charge is 0.277 e. The maximum absolute atomic E-state index is 13.2. The van der Waals surface area contributed by atoms with E-state index in [0.29, 0.717) is 10.8 Å². The molecule has 1 aromatic rings. The topological polar surface area (TPSA) is 58.5 Å². The van der Waals surface area contributed by atoms with Gasteiger partial charge in [-0.25, -0.2) is 4.83 Å². The quantitative estimate of drug-likeness (QED) is 0.252. The van der Waals surface area contributed by atoms with Crippen LogP contribution in [0.1, 0.15) is 122 Å². The Bertz CT molecular complexity index is 734. The van der Waals surface area contributed by atoms with Gasteiger partial charge in [-0.3, -0.25) is 0 Å². The van der Waals surface area contributed by atoms with E-state index in [2.05, 4.69) is 42.8 Å². The minimum Gasteiger partial charge on any atom is -0.200 e. The standard InChI is InChI=1S/C23H40N2O2S/c1-9-10-11-12-13-19(8)24-25-28(26,27)23-21(17(4)5)14-20(16(2)3)15-22(23)18(6)7/h14-18,25H,9-13H2,1-8H3/b24-19+. The van der Waals surface area contributed by atoms with E-state index in [1.165, 1.54) is 18.4 Å². The summed E-state index contributed by atoms with van der Waals surface area (Å²) in [5, 5.41) is 4.21. The van der Waals surface area contributed by atoms with Crippen molar-refractivity contribution in [2.45, 2.75) is 110 Å². The Morgan fingerprint density at radius 1 is 0.929 bits per heavy atom. The van der Waals surface area contributed by atoms with E-state index in [-0.39, 0.29) is 11.8 Å². The van der Waals surface area contributed by atoms with Crippen molar-refractivity contribution in [3.8, 4) is 0 Å². The second kappa shape index (κ2) is 11.0. The predicted molar refractivity (Wildman–Crippen MR) is 121 cm³/mol. The van der Waals surface area contributed by atoms with Gasteiger partial charge in [0.2, 0.25) is 0 Å². The molecule has 0 bridgehead atoms. The van der Waals surface area contributed by atoms with Gasteiger partial charge in [-0.05, 0) is 54.2 Å². The average molecular weight is 409 g/mol. The lowest BCUT2D eigenvalue weighted by atomic mass is 9.89. The fourth-order valence-corrected chi connectivity index (χ4v) is 4.82. The van der Waals surface area contributed by atoms with E-state index in [4.69, 9.17) is 0 Å². The number of nitrogens with one attached hydrogen (secondary N) is 1. The van der Waals surface area contributed by atoms with Gasteiger partial charge in [-0.1, -0.05) is 79.9 Å². The number of benzene rings is 1. The summed E-state index contributed by atoms with van der Waals surface area (Å²) in [6, 6.07) is 4.11. The maximum Gasteiger partial charge on any atom is 0.277 e. The van der Waals surface area contributed by atoms with Crippen molar-refractivity contribution < 1.29 is 8.42 Å². The maximum atomic E-state index is 13.2. The molecule has 0 spiro atoms. The van der Waals surface area contributed by atoms with Gasteiger partial charge in [0.1, 0.15) is 0 Å². The molecule has 0 aromatic heterocycles. The first-order valence-electron chi connectivity index (χ1n) is 10.7. The van der Waals surface area contributed by atoms with Crippen LogP contribution in [0.25, 0.3) is 0 Å². The van der Waals surface area contributed by atoms with Crippen LogP contribution in [0.5, 0.6) is 0 Å². The molecule has 0 aliphatic heterocycles. The lowest BCUT2D eigenvalue weighted by Gasteiger charge is -2.22. The van der Waals surface area contributed by atoms with Crippen LogP contribution in [-0.2, 0) is 10.0 Å². The number of sulfonamides is 1. The molecule has 0 saturated carbocycles. The van der Waals surface area contributed by atoms with Crippen LogP contribution in [0.3, 0.4) is 0 Å². The molecule has 0 aliphatic carbocycles. The Morgan fingerprint density at radius 2 is 1.46 bits per heavy atom. The number of unbranched alkanes of at least 4 members (excludes halogenated alkanes) is 3. The van der Waals surface area contributed by atoms with Gasteiger partial charge in [0, 0.05) is 5.71 Å². The number of hydrazone groups is 1. The minimum atomic E-state index is -3.72. The molecular weight excluding hydrogens is 368 g/mol. The fraction of sp³-hybridized carbons (Fsp3) is 0.696. The third-order valence-corrected chi connectivity index (χ3v) is 6.44. The van der Waals surface area contributed by atoms with Gasteiger partial charge in [0.15, 0.2) is 0 Å². The number of rotatable bonds is 11. The molecule has 1 rings (SSSR count). The zero-order valence-corrected chi connectivity index (χ0v) is 19.9. The molecule has 1 aromatic carbocycles. The lowest BCUT2D eigenvalue weighted by Crippen LogP contribution is -2.24. The summed E-state index contributed by atoms with van der Waals surface area (Å²) in [6.45, 7) is 16.5. The van der Waals surface area contributed by atoms with Gasteiger partial charge >= 0.3 is 0 Å². The Labute approximate surface area is 173 Å². The van der Waals surface area contributed by atoms with E-state index in [1.54, 1.807) is 0 Å². The second-order valence-corrected chi connectivity index (χ2v) is 10.3. The van der Waals surface area contributed by atoms with E-state index in [0.717, 1.165) is 36.1 Å². The smallest absolute Gasteiger partial charge is 0.200 e. The number of nitrogens with zero attached hydrogens (tertiary/aromatic N) is 1. The molecule has 0 aliphatic rings. The van der Waals surface area contributed by atoms with Crippen LogP contribution in [0, 0.1) is 0 Å². The highest BCUT2D eigenvalue weighted by Gasteiger charge is 2.26. The average Bonchev–Trinajstić information content (AvgIpc) is 2.62. The van der Waals surface area contributed by atoms with Crippen LogP contribution in [0.4, 0.5) is 0 Å². The van der Waals surface area contributed by atoms with Gasteiger partial charge < -0.3 is 0 Å². The number of hydrogen-bond donors (Lipinski definition) is 1. The molecule has 28 heavy (non-hydrogen) atoms. The van der Waals surface area contributed by atoms with E-state index >= 15 is 0 Å². The summed E-state index contributed by atoms with van der Waals surface area (Å²) in [7, 11) is -3.72. The molecule has 0 saturated heterocycles. The molecule has 160 valence electrons. The van der Waals surface area contributed by atoms with Gasteiger partial charge in [0.25, 0.3) is 10.0 Å². The first kappa shape index (κ1) is 24.7. The van der Waals surface area contributed by atoms with Crippen molar-refractivity contribution in [1.82, 2.24) is 4.83 Å². The van der Waals surface area contributed by atoms with Crippen LogP contribution in [0.2, 0.25) is 0 Å². The molecule has 5 heteroatoms. The first-order chi connectivity index (χ1) is 13.0. The van der Waals surface area contributed by atoms with Gasteiger partial charge in [-0.2, -0.15) is 13.5 Å². The van der Waals surface area contributed by atoms with Gasteiger partial charge in [0.05, 0.1) is 4.90 Å². The molecule has 0 atom stereocenters. The Kier molecular flexibility index (Phi) is 9.68. The molecule has 1 N–H and O–H groups in total. The lowest BCUT2D eigenvalue weighted by molar-refractivity contribution is 0.578. The Morgan fingerprint density at radius 3 is 1.89 bits per heavy atom. The molecule has 4 nitrogen and oxygen atoms in total. The van der Waals surface area contributed by atoms with Gasteiger partial charge in [-0.15, -0.1) is 0 Å². The Hall–Kier alpha value is -1.36. The second-order valence-electron chi connectivity index (χ2n) is 8.75. The molecule has 0 heterocycles. The van der Waals surface area contributed by atoms with E-state index in [1.807, 2.05) is 34.6 Å². The van der Waals surface area contributed by atoms with E-state index in [9.17, 15) is 8.42 Å². The molecule has 0 fully saturated rings. The highest BCUT2D eigenvalue weighted by Crippen LogP contribution is 2.35. The van der Waals surface area contributed by atoms with Crippen molar-refractivity contribution in [3.63, 3.8) is 0 Å². The van der Waals surface area contributed by atoms with Crippen molar-refractivity contribution in [3.05, 3.63) is 28.8 Å². The monoisotopic (exact) mass is 408 g/mol.